The Hall–Kier alpha value is -6.65. The lowest BCUT2D eigenvalue weighted by molar-refractivity contribution is -0.119. The molecular weight excluding hydrogens is 1810 g/mol. The fourth-order valence-corrected chi connectivity index (χ4v) is 21.7. The molecule has 0 aliphatic carbocycles. The molecule has 8 rings (SSSR count). The van der Waals surface area contributed by atoms with E-state index in [-0.39, 0.29) is 79.6 Å². The number of imidazole rings is 1. The first-order valence-corrected chi connectivity index (χ1v) is 57.3. The molecule has 0 radical (unpaired) electrons. The van der Waals surface area contributed by atoms with Crippen molar-refractivity contribution in [3.05, 3.63) is 113 Å². The number of anilines is 2. The van der Waals surface area contributed by atoms with Gasteiger partial charge in [0.05, 0.1) is 63.8 Å². The number of H-pyrrole nitrogens is 2. The zero-order valence-electron chi connectivity index (χ0n) is 83.0. The smallest absolute Gasteiger partial charge is 0.351 e. The maximum absolute atomic E-state index is 14.8. The lowest BCUT2D eigenvalue weighted by Crippen LogP contribution is -2.33. The second kappa shape index (κ2) is 66.2. The molecule has 35 heteroatoms. The maximum atomic E-state index is 14.8. The van der Waals surface area contributed by atoms with Gasteiger partial charge in [0.2, 0.25) is 30.7 Å². The van der Waals surface area contributed by atoms with Gasteiger partial charge < -0.3 is 75.7 Å². The van der Waals surface area contributed by atoms with Crippen LogP contribution >= 0.6 is 13.4 Å². The monoisotopic (exact) mass is 1980 g/mol. The molecule has 3 saturated heterocycles. The van der Waals surface area contributed by atoms with Gasteiger partial charge in [-0.1, -0.05) is 330 Å². The van der Waals surface area contributed by atoms with E-state index in [1.54, 1.807) is 32.9 Å². The molecule has 31 nitrogen and oxygen atoms in total. The van der Waals surface area contributed by atoms with Crippen LogP contribution in [0.25, 0.3) is 20.9 Å². The van der Waals surface area contributed by atoms with Gasteiger partial charge in [-0.2, -0.15) is 9.97 Å². The predicted molar refractivity (Wildman–Crippen MR) is 543 cm³/mol. The van der Waals surface area contributed by atoms with Crippen molar-refractivity contribution >= 4 is 71.8 Å². The fraction of sp³-hybridized carbons (Fsp3) is 0.772. The first-order chi connectivity index (χ1) is 66.1. The molecule has 2 amide bonds. The van der Waals surface area contributed by atoms with Crippen molar-refractivity contribution in [3.63, 3.8) is 0 Å². The third-order valence-corrected chi connectivity index (χ3v) is 30.3. The molecule has 136 heavy (non-hydrogen) atoms. The van der Waals surface area contributed by atoms with Crippen molar-refractivity contribution in [1.82, 2.24) is 38.6 Å². The van der Waals surface area contributed by atoms with Gasteiger partial charge in [0.1, 0.15) is 49.9 Å². The number of benzene rings is 1. The summed E-state index contributed by atoms with van der Waals surface area (Å²) in [5.74, 6) is -0.312. The quantitative estimate of drug-likeness (QED) is 0.0137. The second-order valence-electron chi connectivity index (χ2n) is 37.3. The molecule has 764 valence electrons. The minimum Gasteiger partial charge on any atom is -0.490 e. The number of nitrogens with one attached hydrogen (secondary N) is 4. The number of aliphatic hydroxyl groups excluding tert-OH is 1. The first kappa shape index (κ1) is 115. The average molecular weight is 1980 g/mol. The highest BCUT2D eigenvalue weighted by Crippen LogP contribution is 2.57. The van der Waals surface area contributed by atoms with Crippen LogP contribution in [0.15, 0.2) is 56.1 Å². The zero-order chi connectivity index (χ0) is 97.4. The summed E-state index contributed by atoms with van der Waals surface area (Å²) in [7, 11) is 0. The van der Waals surface area contributed by atoms with Gasteiger partial charge in [-0.05, 0) is 74.4 Å². The van der Waals surface area contributed by atoms with Crippen molar-refractivity contribution in [1.29, 1.82) is 0 Å². The number of unbranched alkanes of at least 4 members (excludes halogenated alkanes) is 45. The van der Waals surface area contributed by atoms with E-state index >= 15 is 0 Å². The third-order valence-electron chi connectivity index (χ3n) is 25.6. The van der Waals surface area contributed by atoms with Crippen LogP contribution in [0.5, 0.6) is 17.2 Å². The molecule has 7 heterocycles. The van der Waals surface area contributed by atoms with E-state index in [9.17, 15) is 33.9 Å². The Kier molecular flexibility index (Phi) is 55.8. The normalized spacial score (nSPS) is 19.2. The number of aromatic nitrogens is 8. The van der Waals surface area contributed by atoms with Gasteiger partial charge in [-0.25, -0.2) is 27.7 Å². The molecule has 0 spiro atoms. The number of fused-ring (bicyclic) bond motifs is 1. The molecule has 1 aromatic carbocycles. The number of aryl methyl sites for hydroxylation is 1. The van der Waals surface area contributed by atoms with Crippen LogP contribution in [0, 0.1) is 26.0 Å². The topological polar surface area (TPSA) is 351 Å². The summed E-state index contributed by atoms with van der Waals surface area (Å²) in [6, 6.07) is 4.87. The summed E-state index contributed by atoms with van der Waals surface area (Å²) in [6.45, 7) is 20.4. The standard InChI is InChI=1S/C101H164N12O19P2S2/c1-10-14-17-20-23-26-29-32-35-38-41-44-47-50-53-56-63-121-84-68-79(69-85(122-64-57-54-51-48-45-42-39-36-33-30-27-24-21-18-15-11-2)93(84)123-65-58-55-52-49-46-43-40-37-34-31-28-25-22-19-16-12-3)97(117)105-88-59-62-111(100(119)106-88)89-70-80(114)86(129-89)74-126-133(135,124-66-60-102-8)132-83-72-91(113-76-104-92-94(113)107-99(109-98(92)118)108-95(115)77(5)6)130-87(83)75-127-134(136,125-67-61-103-9)131-82-71-90(128-81(82)13-4)112-73-78(7)96(116)110-101(112)120/h59,62,68-69,73,76-77,80-83,86-87,89-91,114H,10-58,60-61,63-67,70-72,74-75H2,1-7H3,(H,110,116,120)(H,105,106,117,119)(H2,107,108,109,115,118). The third kappa shape index (κ3) is 41.9. The van der Waals surface area contributed by atoms with E-state index in [2.05, 4.69) is 66.0 Å². The van der Waals surface area contributed by atoms with Crippen molar-refractivity contribution in [2.24, 2.45) is 5.92 Å². The fourth-order valence-electron chi connectivity index (χ4n) is 17.5. The molecule has 5 N–H and O–H groups in total. The highest BCUT2D eigenvalue weighted by molar-refractivity contribution is 8.07. The number of carbonyl (C=O) groups excluding carboxylic acids is 2. The first-order valence-electron chi connectivity index (χ1n) is 52.1. The number of amides is 2. The number of nitrogens with zero attached hydrogens (tertiary/aromatic N) is 8. The Morgan fingerprint density at radius 2 is 0.912 bits per heavy atom. The molecule has 3 fully saturated rings. The maximum Gasteiger partial charge on any atom is 0.351 e. The molecule has 3 aliphatic heterocycles. The van der Waals surface area contributed by atoms with Crippen LogP contribution in [-0.2, 0) is 69.8 Å². The molecule has 0 bridgehead atoms. The van der Waals surface area contributed by atoms with Gasteiger partial charge in [0, 0.05) is 48.7 Å². The van der Waals surface area contributed by atoms with Crippen LogP contribution in [0.3, 0.4) is 0 Å². The summed E-state index contributed by atoms with van der Waals surface area (Å²) in [5.41, 5.74) is -2.24. The Labute approximate surface area is 819 Å². The molecule has 0 saturated carbocycles. The molecule has 3 aliphatic rings. The van der Waals surface area contributed by atoms with E-state index < -0.39 is 122 Å². The van der Waals surface area contributed by atoms with Crippen LogP contribution in [0.2, 0.25) is 0 Å². The lowest BCUT2D eigenvalue weighted by atomic mass is 10.0. The summed E-state index contributed by atoms with van der Waals surface area (Å²) in [6.07, 6.45) is 55.4. The van der Waals surface area contributed by atoms with Crippen LogP contribution in [-0.4, -0.2) is 152 Å². The van der Waals surface area contributed by atoms with Crippen LogP contribution in [0.4, 0.5) is 11.8 Å². The van der Waals surface area contributed by atoms with E-state index in [0.29, 0.717) is 43.5 Å². The summed E-state index contributed by atoms with van der Waals surface area (Å²) < 4.78 is 82.1. The minimum absolute atomic E-state index is 0.0221. The number of aliphatic hydroxyl groups is 1. The number of hydrogen-bond donors (Lipinski definition) is 5. The number of aromatic amines is 2. The molecule has 11 unspecified atom stereocenters. The largest absolute Gasteiger partial charge is 0.490 e. The lowest BCUT2D eigenvalue weighted by Gasteiger charge is -2.30. The van der Waals surface area contributed by atoms with Crippen molar-refractivity contribution < 1.29 is 70.3 Å². The molecular formula is C101H164N12O19P2S2. The van der Waals surface area contributed by atoms with Crippen LogP contribution in [0.1, 0.15) is 410 Å². The van der Waals surface area contributed by atoms with Gasteiger partial charge in [-0.15, -0.1) is 0 Å². The Bertz CT molecular complexity index is 4630. The molecule has 5 aromatic rings. The van der Waals surface area contributed by atoms with Crippen LogP contribution < -0.4 is 47.3 Å². The second-order valence-corrected chi connectivity index (χ2v) is 43.3. The molecule has 4 aromatic heterocycles. The van der Waals surface area contributed by atoms with Gasteiger partial charge >= 0.3 is 24.8 Å². The van der Waals surface area contributed by atoms with E-state index in [0.717, 1.165) is 57.8 Å². The predicted octanol–water partition coefficient (Wildman–Crippen LogP) is 23.8. The Balaban J connectivity index is 0.956. The molecule has 11 atom stereocenters. The van der Waals surface area contributed by atoms with E-state index in [1.807, 2.05) is 6.92 Å². The van der Waals surface area contributed by atoms with Gasteiger partial charge in [0.25, 0.3) is 17.0 Å². The highest BCUT2D eigenvalue weighted by atomic mass is 32.5. The summed E-state index contributed by atoms with van der Waals surface area (Å²) in [4.78, 5) is 106. The SMILES string of the molecule is [C-]#[N+]CCOP(=S)(OCC1OC(n2cnc3c(=O)[nH]c(NC(=O)C(C)C)nc32)CC1OP(=S)(OCC[N+]#[C-])OCC1OC(n2ccc(NC(=O)c3cc(OCCCCCCCCCCCCCCCCCC)c(OCCCCCCCCCCCCCCCCCC)c(OCCCCCCCCCCCCCCCCCC)c3)nc2=O)CC1O)OC1CC(n2cc(C)c(=O)[nH]c2=O)OC1CC. The van der Waals surface area contributed by atoms with Crippen molar-refractivity contribution in [2.75, 3.05) is 70.0 Å². The average Bonchev–Trinajstić information content (AvgIpc) is 1.60. The van der Waals surface area contributed by atoms with Crippen molar-refractivity contribution in [3.8, 4) is 17.2 Å². The highest BCUT2D eigenvalue weighted by Gasteiger charge is 2.47. The Morgan fingerprint density at radius 3 is 1.35 bits per heavy atom. The number of ether oxygens (including phenoxy) is 6. The van der Waals surface area contributed by atoms with E-state index in [1.165, 1.54) is 289 Å². The van der Waals surface area contributed by atoms with Gasteiger partial charge in [0.15, 0.2) is 22.7 Å². The van der Waals surface area contributed by atoms with Crippen molar-refractivity contribution in [2.45, 2.75) is 438 Å². The summed E-state index contributed by atoms with van der Waals surface area (Å²) >= 11 is 12.3. The van der Waals surface area contributed by atoms with Gasteiger partial charge in [-0.3, -0.25) is 48.2 Å². The van der Waals surface area contributed by atoms with E-state index in [4.69, 9.17) is 92.3 Å². The number of hydrogen-bond acceptors (Lipinski definition) is 24. The zero-order valence-corrected chi connectivity index (χ0v) is 86.4. The number of rotatable bonds is 78. The Morgan fingerprint density at radius 1 is 0.507 bits per heavy atom. The number of carbonyl (C=O) groups is 2. The minimum atomic E-state index is -4.09. The summed E-state index contributed by atoms with van der Waals surface area (Å²) in [5, 5.41) is 17.3.